The SMILES string of the molecule is CN(C)c1ccc(-c2ccccc2Cc2ccccc2-c2ccc(N(C)C)cc2)cc1. The zero-order chi connectivity index (χ0) is 21.8. The molecular formula is C29H30N2. The summed E-state index contributed by atoms with van der Waals surface area (Å²) in [6.07, 6.45) is 0.900. The molecule has 0 aromatic heterocycles. The van der Waals surface area contributed by atoms with E-state index in [1.807, 2.05) is 0 Å². The molecule has 156 valence electrons. The molecule has 0 aliphatic rings. The molecule has 0 amide bonds. The van der Waals surface area contributed by atoms with Crippen LogP contribution in [0.2, 0.25) is 0 Å². The number of nitrogens with zero attached hydrogens (tertiary/aromatic N) is 2. The predicted octanol–water partition coefficient (Wildman–Crippen LogP) is 6.74. The summed E-state index contributed by atoms with van der Waals surface area (Å²) >= 11 is 0. The molecule has 31 heavy (non-hydrogen) atoms. The molecule has 0 fully saturated rings. The Kier molecular flexibility index (Phi) is 6.08. The van der Waals surface area contributed by atoms with Crippen LogP contribution in [0.5, 0.6) is 0 Å². The largest absolute Gasteiger partial charge is 0.378 e. The van der Waals surface area contributed by atoms with Crippen LogP contribution in [0.3, 0.4) is 0 Å². The second kappa shape index (κ2) is 9.09. The Labute approximate surface area is 186 Å². The van der Waals surface area contributed by atoms with E-state index in [0.29, 0.717) is 0 Å². The van der Waals surface area contributed by atoms with Crippen LogP contribution in [0, 0.1) is 0 Å². The Bertz CT molecular complexity index is 1050. The van der Waals surface area contributed by atoms with Crippen LogP contribution in [-0.4, -0.2) is 28.2 Å². The highest BCUT2D eigenvalue weighted by molar-refractivity contribution is 5.73. The van der Waals surface area contributed by atoms with Crippen molar-refractivity contribution in [3.63, 3.8) is 0 Å². The predicted molar refractivity (Wildman–Crippen MR) is 135 cm³/mol. The average Bonchev–Trinajstić information content (AvgIpc) is 2.80. The monoisotopic (exact) mass is 406 g/mol. The van der Waals surface area contributed by atoms with E-state index < -0.39 is 0 Å². The standard InChI is InChI=1S/C29H30N2/c1-30(2)26-17-13-22(14-18-26)28-11-7-5-9-24(28)21-25-10-6-8-12-29(25)23-15-19-27(20-16-23)31(3)4/h5-20H,21H2,1-4H3. The molecule has 4 rings (SSSR count). The lowest BCUT2D eigenvalue weighted by Crippen LogP contribution is -2.08. The molecule has 0 aliphatic heterocycles. The lowest BCUT2D eigenvalue weighted by atomic mass is 9.91. The lowest BCUT2D eigenvalue weighted by Gasteiger charge is -2.16. The Morgan fingerprint density at radius 1 is 0.452 bits per heavy atom. The fourth-order valence-electron chi connectivity index (χ4n) is 4.00. The first-order valence-corrected chi connectivity index (χ1v) is 10.7. The van der Waals surface area contributed by atoms with E-state index in [0.717, 1.165) is 6.42 Å². The van der Waals surface area contributed by atoms with Crippen LogP contribution in [0.1, 0.15) is 11.1 Å². The fourth-order valence-corrected chi connectivity index (χ4v) is 4.00. The van der Waals surface area contributed by atoms with Crippen molar-refractivity contribution in [1.29, 1.82) is 0 Å². The number of rotatable bonds is 6. The normalized spacial score (nSPS) is 10.7. The summed E-state index contributed by atoms with van der Waals surface area (Å²) in [4.78, 5) is 4.26. The van der Waals surface area contributed by atoms with Crippen LogP contribution in [0.15, 0.2) is 97.1 Å². The van der Waals surface area contributed by atoms with Gasteiger partial charge in [0.05, 0.1) is 0 Å². The van der Waals surface area contributed by atoms with Crippen molar-refractivity contribution in [2.45, 2.75) is 6.42 Å². The number of hydrogen-bond donors (Lipinski definition) is 0. The first-order chi connectivity index (χ1) is 15.0. The van der Waals surface area contributed by atoms with E-state index in [2.05, 4.69) is 135 Å². The van der Waals surface area contributed by atoms with Crippen molar-refractivity contribution in [2.75, 3.05) is 38.0 Å². The molecule has 0 saturated heterocycles. The first-order valence-electron chi connectivity index (χ1n) is 10.7. The van der Waals surface area contributed by atoms with Gasteiger partial charge in [0.2, 0.25) is 0 Å². The molecule has 0 N–H and O–H groups in total. The van der Waals surface area contributed by atoms with Gasteiger partial charge in [0.15, 0.2) is 0 Å². The van der Waals surface area contributed by atoms with Crippen molar-refractivity contribution in [2.24, 2.45) is 0 Å². The molecule has 0 atom stereocenters. The Morgan fingerprint density at radius 3 is 1.16 bits per heavy atom. The van der Waals surface area contributed by atoms with Gasteiger partial charge in [-0.3, -0.25) is 0 Å². The number of benzene rings is 4. The van der Waals surface area contributed by atoms with E-state index in [4.69, 9.17) is 0 Å². The van der Waals surface area contributed by atoms with Crippen molar-refractivity contribution in [3.8, 4) is 22.3 Å². The van der Waals surface area contributed by atoms with Gasteiger partial charge in [0.25, 0.3) is 0 Å². The molecule has 0 heterocycles. The number of anilines is 2. The second-order valence-corrected chi connectivity index (χ2v) is 8.37. The minimum Gasteiger partial charge on any atom is -0.378 e. The smallest absolute Gasteiger partial charge is 0.0361 e. The Hall–Kier alpha value is -3.52. The van der Waals surface area contributed by atoms with Gasteiger partial charge in [-0.15, -0.1) is 0 Å². The summed E-state index contributed by atoms with van der Waals surface area (Å²) in [5.41, 5.74) is 10.2. The molecule has 0 spiro atoms. The fraction of sp³-hybridized carbons (Fsp3) is 0.172. The van der Waals surface area contributed by atoms with Crippen LogP contribution < -0.4 is 9.80 Å². The summed E-state index contributed by atoms with van der Waals surface area (Å²) in [7, 11) is 8.30. The third-order valence-corrected chi connectivity index (χ3v) is 5.81. The molecule has 0 unspecified atom stereocenters. The van der Waals surface area contributed by atoms with Gasteiger partial charge in [0, 0.05) is 39.6 Å². The minimum absolute atomic E-state index is 0.900. The van der Waals surface area contributed by atoms with Crippen LogP contribution in [0.4, 0.5) is 11.4 Å². The van der Waals surface area contributed by atoms with E-state index >= 15 is 0 Å². The molecule has 0 radical (unpaired) electrons. The highest BCUT2D eigenvalue weighted by atomic mass is 15.1. The first kappa shape index (κ1) is 20.7. The Morgan fingerprint density at radius 2 is 0.806 bits per heavy atom. The molecular weight excluding hydrogens is 376 g/mol. The Balaban J connectivity index is 1.68. The highest BCUT2D eigenvalue weighted by Gasteiger charge is 2.10. The van der Waals surface area contributed by atoms with Gasteiger partial charge in [-0.05, 0) is 64.1 Å². The minimum atomic E-state index is 0.900. The van der Waals surface area contributed by atoms with E-state index in [9.17, 15) is 0 Å². The van der Waals surface area contributed by atoms with Gasteiger partial charge in [-0.1, -0.05) is 72.8 Å². The third kappa shape index (κ3) is 4.64. The van der Waals surface area contributed by atoms with Crippen molar-refractivity contribution < 1.29 is 0 Å². The van der Waals surface area contributed by atoms with Crippen molar-refractivity contribution >= 4 is 11.4 Å². The quantitative estimate of drug-likeness (QED) is 0.350. The van der Waals surface area contributed by atoms with Gasteiger partial charge in [-0.25, -0.2) is 0 Å². The highest BCUT2D eigenvalue weighted by Crippen LogP contribution is 2.31. The van der Waals surface area contributed by atoms with Gasteiger partial charge in [-0.2, -0.15) is 0 Å². The molecule has 0 bridgehead atoms. The average molecular weight is 407 g/mol. The van der Waals surface area contributed by atoms with Crippen molar-refractivity contribution in [1.82, 2.24) is 0 Å². The summed E-state index contributed by atoms with van der Waals surface area (Å²) in [5.74, 6) is 0. The molecule has 0 aliphatic carbocycles. The molecule has 0 saturated carbocycles. The third-order valence-electron chi connectivity index (χ3n) is 5.81. The summed E-state index contributed by atoms with van der Waals surface area (Å²) in [6.45, 7) is 0. The van der Waals surface area contributed by atoms with Crippen LogP contribution in [-0.2, 0) is 6.42 Å². The summed E-state index contributed by atoms with van der Waals surface area (Å²) < 4.78 is 0. The van der Waals surface area contributed by atoms with Gasteiger partial charge < -0.3 is 9.80 Å². The molecule has 4 aromatic rings. The lowest BCUT2D eigenvalue weighted by molar-refractivity contribution is 1.13. The van der Waals surface area contributed by atoms with Crippen molar-refractivity contribution in [3.05, 3.63) is 108 Å². The topological polar surface area (TPSA) is 6.48 Å². The van der Waals surface area contributed by atoms with Gasteiger partial charge in [0.1, 0.15) is 0 Å². The van der Waals surface area contributed by atoms with Gasteiger partial charge >= 0.3 is 0 Å². The molecule has 4 aromatic carbocycles. The van der Waals surface area contributed by atoms with E-state index in [1.54, 1.807) is 0 Å². The van der Waals surface area contributed by atoms with Crippen LogP contribution in [0.25, 0.3) is 22.3 Å². The van der Waals surface area contributed by atoms with E-state index in [-0.39, 0.29) is 0 Å². The molecule has 2 nitrogen and oxygen atoms in total. The summed E-state index contributed by atoms with van der Waals surface area (Å²) in [5, 5.41) is 0. The number of hydrogen-bond acceptors (Lipinski definition) is 2. The maximum atomic E-state index is 2.25. The van der Waals surface area contributed by atoms with Crippen LogP contribution >= 0.6 is 0 Å². The second-order valence-electron chi connectivity index (χ2n) is 8.37. The zero-order valence-corrected chi connectivity index (χ0v) is 18.8. The maximum absolute atomic E-state index is 2.25. The maximum Gasteiger partial charge on any atom is 0.0361 e. The summed E-state index contributed by atoms with van der Waals surface area (Å²) in [6, 6.07) is 35.1. The molecule has 2 heteroatoms. The zero-order valence-electron chi connectivity index (χ0n) is 18.8. The van der Waals surface area contributed by atoms with E-state index in [1.165, 1.54) is 44.8 Å².